The summed E-state index contributed by atoms with van der Waals surface area (Å²) in [5.74, 6) is 1.44. The number of cyclic esters (lactones) is 1. The molecule has 5 heteroatoms. The summed E-state index contributed by atoms with van der Waals surface area (Å²) in [6.07, 6.45) is 3.06. The van der Waals surface area contributed by atoms with Gasteiger partial charge in [-0.25, -0.2) is 4.79 Å². The Labute approximate surface area is 111 Å². The van der Waals surface area contributed by atoms with Gasteiger partial charge in [-0.05, 0) is 37.0 Å². The van der Waals surface area contributed by atoms with Crippen molar-refractivity contribution in [2.75, 3.05) is 13.7 Å². The molecule has 5 nitrogen and oxygen atoms in total. The maximum absolute atomic E-state index is 11.1. The third kappa shape index (κ3) is 2.45. The first-order valence-electron chi connectivity index (χ1n) is 6.55. The number of hydrogen-bond acceptors (Lipinski definition) is 4. The largest absolute Gasteiger partial charge is 0.493 e. The molecule has 1 aliphatic heterocycles. The van der Waals surface area contributed by atoms with Crippen molar-refractivity contribution in [3.05, 3.63) is 23.8 Å². The molecule has 3 rings (SSSR count). The zero-order valence-electron chi connectivity index (χ0n) is 10.8. The topological polar surface area (TPSA) is 56.8 Å². The van der Waals surface area contributed by atoms with Crippen LogP contribution in [0.4, 0.5) is 4.79 Å². The monoisotopic (exact) mass is 263 g/mol. The summed E-state index contributed by atoms with van der Waals surface area (Å²) in [6.45, 7) is 0.494. The van der Waals surface area contributed by atoms with Crippen LogP contribution in [0.1, 0.15) is 30.9 Å². The molecule has 1 amide bonds. The summed E-state index contributed by atoms with van der Waals surface area (Å²) in [6, 6.07) is 5.66. The number of carbonyl (C=O) groups excluding carboxylic acids is 1. The van der Waals surface area contributed by atoms with Crippen molar-refractivity contribution in [3.8, 4) is 11.5 Å². The van der Waals surface area contributed by atoms with Gasteiger partial charge in [0.25, 0.3) is 0 Å². The molecule has 1 saturated carbocycles. The molecule has 1 N–H and O–H groups in total. The smallest absolute Gasteiger partial charge is 0.407 e. The molecule has 1 heterocycles. The highest BCUT2D eigenvalue weighted by Crippen LogP contribution is 2.35. The van der Waals surface area contributed by atoms with Crippen molar-refractivity contribution in [2.45, 2.75) is 31.5 Å². The molecule has 2 aliphatic rings. The van der Waals surface area contributed by atoms with Crippen LogP contribution in [0.5, 0.6) is 11.5 Å². The Hall–Kier alpha value is -1.91. The fourth-order valence-electron chi connectivity index (χ4n) is 2.23. The summed E-state index contributed by atoms with van der Waals surface area (Å²) in [7, 11) is 1.62. The molecule has 1 aromatic carbocycles. The van der Waals surface area contributed by atoms with Gasteiger partial charge in [0.1, 0.15) is 6.10 Å². The predicted molar refractivity (Wildman–Crippen MR) is 68.5 cm³/mol. The van der Waals surface area contributed by atoms with Crippen LogP contribution >= 0.6 is 0 Å². The van der Waals surface area contributed by atoms with E-state index in [0.717, 1.165) is 24.2 Å². The summed E-state index contributed by atoms with van der Waals surface area (Å²) in [5.41, 5.74) is 0.925. The normalized spacial score (nSPS) is 22.4. The first-order chi connectivity index (χ1) is 9.26. The first-order valence-corrected chi connectivity index (χ1v) is 6.55. The van der Waals surface area contributed by atoms with Gasteiger partial charge in [0, 0.05) is 0 Å². The van der Waals surface area contributed by atoms with Crippen LogP contribution in [0, 0.1) is 0 Å². The molecular weight excluding hydrogens is 246 g/mol. The van der Waals surface area contributed by atoms with Crippen molar-refractivity contribution in [1.29, 1.82) is 0 Å². The van der Waals surface area contributed by atoms with E-state index < -0.39 is 0 Å². The molecule has 0 aromatic heterocycles. The Balaban J connectivity index is 1.81. The number of ether oxygens (including phenoxy) is 3. The van der Waals surface area contributed by atoms with E-state index in [9.17, 15) is 4.79 Å². The SMILES string of the molecule is COc1ccc(C2CNC(=O)O2)cc1OC1CCC1. The number of methoxy groups -OCH3 is 1. The molecule has 1 saturated heterocycles. The second kappa shape index (κ2) is 4.99. The van der Waals surface area contributed by atoms with Gasteiger partial charge in [-0.1, -0.05) is 6.07 Å². The average Bonchev–Trinajstić information content (AvgIpc) is 2.80. The summed E-state index contributed by atoms with van der Waals surface area (Å²) in [5, 5.41) is 2.65. The Morgan fingerprint density at radius 3 is 2.74 bits per heavy atom. The van der Waals surface area contributed by atoms with Gasteiger partial charge in [0.2, 0.25) is 0 Å². The number of rotatable bonds is 4. The minimum Gasteiger partial charge on any atom is -0.493 e. The van der Waals surface area contributed by atoms with E-state index in [1.54, 1.807) is 7.11 Å². The molecule has 0 bridgehead atoms. The zero-order chi connectivity index (χ0) is 13.2. The van der Waals surface area contributed by atoms with E-state index >= 15 is 0 Å². The zero-order valence-corrected chi connectivity index (χ0v) is 10.8. The maximum atomic E-state index is 11.1. The van der Waals surface area contributed by atoms with Gasteiger partial charge in [0.15, 0.2) is 11.5 Å². The van der Waals surface area contributed by atoms with Crippen LogP contribution in [0.15, 0.2) is 18.2 Å². The van der Waals surface area contributed by atoms with Gasteiger partial charge in [-0.15, -0.1) is 0 Å². The highest BCUT2D eigenvalue weighted by molar-refractivity contribution is 5.69. The highest BCUT2D eigenvalue weighted by atomic mass is 16.6. The molecule has 1 unspecified atom stereocenters. The molecule has 0 radical (unpaired) electrons. The second-order valence-corrected chi connectivity index (χ2v) is 4.86. The van der Waals surface area contributed by atoms with Crippen LogP contribution < -0.4 is 14.8 Å². The van der Waals surface area contributed by atoms with E-state index in [4.69, 9.17) is 14.2 Å². The Bertz CT molecular complexity index is 484. The van der Waals surface area contributed by atoms with E-state index in [-0.39, 0.29) is 18.3 Å². The van der Waals surface area contributed by atoms with E-state index in [0.29, 0.717) is 12.3 Å². The van der Waals surface area contributed by atoms with Crippen molar-refractivity contribution in [2.24, 2.45) is 0 Å². The average molecular weight is 263 g/mol. The molecular formula is C14H17NO4. The lowest BCUT2D eigenvalue weighted by atomic mass is 9.96. The number of nitrogens with one attached hydrogen (secondary N) is 1. The summed E-state index contributed by atoms with van der Waals surface area (Å²) >= 11 is 0. The quantitative estimate of drug-likeness (QED) is 0.906. The van der Waals surface area contributed by atoms with Crippen LogP contribution in [0.25, 0.3) is 0 Å². The lowest BCUT2D eigenvalue weighted by Gasteiger charge is -2.27. The molecule has 1 aliphatic carbocycles. The standard InChI is InChI=1S/C14H17NO4/c1-17-11-6-5-9(13-8-15-14(16)19-13)7-12(11)18-10-3-2-4-10/h5-7,10,13H,2-4,8H2,1H3,(H,15,16). The molecule has 0 spiro atoms. The van der Waals surface area contributed by atoms with E-state index in [1.807, 2.05) is 18.2 Å². The maximum Gasteiger partial charge on any atom is 0.407 e. The fraction of sp³-hybridized carbons (Fsp3) is 0.500. The van der Waals surface area contributed by atoms with Gasteiger partial charge in [0.05, 0.1) is 19.8 Å². The van der Waals surface area contributed by atoms with E-state index in [2.05, 4.69) is 5.32 Å². The molecule has 102 valence electrons. The number of hydrogen-bond donors (Lipinski definition) is 1. The van der Waals surface area contributed by atoms with Crippen LogP contribution in [0.2, 0.25) is 0 Å². The van der Waals surface area contributed by atoms with Crippen molar-refractivity contribution in [1.82, 2.24) is 5.32 Å². The molecule has 1 atom stereocenters. The summed E-state index contributed by atoms with van der Waals surface area (Å²) in [4.78, 5) is 11.1. The third-order valence-electron chi connectivity index (χ3n) is 3.59. The van der Waals surface area contributed by atoms with Crippen molar-refractivity contribution >= 4 is 6.09 Å². The Morgan fingerprint density at radius 1 is 1.32 bits per heavy atom. The Morgan fingerprint density at radius 2 is 2.16 bits per heavy atom. The molecule has 1 aromatic rings. The van der Waals surface area contributed by atoms with Crippen LogP contribution in [-0.4, -0.2) is 25.9 Å². The van der Waals surface area contributed by atoms with Crippen molar-refractivity contribution in [3.63, 3.8) is 0 Å². The number of alkyl carbamates (subject to hydrolysis) is 1. The fourth-order valence-corrected chi connectivity index (χ4v) is 2.23. The number of carbonyl (C=O) groups is 1. The minimum atomic E-state index is -0.373. The lowest BCUT2D eigenvalue weighted by Crippen LogP contribution is -2.24. The van der Waals surface area contributed by atoms with Gasteiger partial charge in [-0.3, -0.25) is 0 Å². The minimum absolute atomic E-state index is 0.248. The van der Waals surface area contributed by atoms with Crippen molar-refractivity contribution < 1.29 is 19.0 Å². The van der Waals surface area contributed by atoms with Crippen LogP contribution in [-0.2, 0) is 4.74 Å². The third-order valence-corrected chi connectivity index (χ3v) is 3.59. The number of amides is 1. The molecule has 2 fully saturated rings. The second-order valence-electron chi connectivity index (χ2n) is 4.86. The van der Waals surface area contributed by atoms with Gasteiger partial charge in [-0.2, -0.15) is 0 Å². The van der Waals surface area contributed by atoms with Crippen LogP contribution in [0.3, 0.4) is 0 Å². The first kappa shape index (κ1) is 12.1. The predicted octanol–water partition coefficient (Wildman–Crippen LogP) is 2.41. The summed E-state index contributed by atoms with van der Waals surface area (Å²) < 4.78 is 16.4. The lowest BCUT2D eigenvalue weighted by molar-refractivity contribution is 0.114. The van der Waals surface area contributed by atoms with Gasteiger partial charge < -0.3 is 19.5 Å². The molecule has 19 heavy (non-hydrogen) atoms. The van der Waals surface area contributed by atoms with E-state index in [1.165, 1.54) is 6.42 Å². The Kier molecular flexibility index (Phi) is 3.19. The van der Waals surface area contributed by atoms with Gasteiger partial charge >= 0.3 is 6.09 Å². The highest BCUT2D eigenvalue weighted by Gasteiger charge is 2.26. The number of benzene rings is 1.